The van der Waals surface area contributed by atoms with Gasteiger partial charge in [-0.05, 0) is 18.9 Å². The summed E-state index contributed by atoms with van der Waals surface area (Å²) < 4.78 is 15.9. The minimum Gasteiger partial charge on any atom is -0.465 e. The smallest absolute Gasteiger partial charge is 0.407 e. The molecule has 5 rings (SSSR count). The number of imidazole rings is 1. The van der Waals surface area contributed by atoms with Gasteiger partial charge >= 0.3 is 6.09 Å². The molecule has 1 atom stereocenters. The number of likely N-dealkylation sites (tertiary alicyclic amines) is 1. The Bertz CT molecular complexity index is 1390. The first-order valence-electron chi connectivity index (χ1n) is 10.9. The van der Waals surface area contributed by atoms with Crippen LogP contribution in [0.1, 0.15) is 12.8 Å². The molecule has 0 saturated carbocycles. The molecule has 0 aliphatic carbocycles. The molecule has 5 heterocycles. The predicted octanol–water partition coefficient (Wildman–Crippen LogP) is 3.09. The fraction of sp³-hybridized carbons (Fsp3) is 0.273. The average Bonchev–Trinajstić information content (AvgIpc) is 3.59. The van der Waals surface area contributed by atoms with E-state index in [1.54, 1.807) is 24.8 Å². The summed E-state index contributed by atoms with van der Waals surface area (Å²) in [6.07, 6.45) is 7.71. The summed E-state index contributed by atoms with van der Waals surface area (Å²) in [4.78, 5) is 42.3. The number of hydrogen-bond donors (Lipinski definition) is 3. The molecule has 1 saturated heterocycles. The van der Waals surface area contributed by atoms with E-state index in [4.69, 9.17) is 0 Å². The first-order valence-corrected chi connectivity index (χ1v) is 11.7. The zero-order valence-electron chi connectivity index (χ0n) is 18.4. The van der Waals surface area contributed by atoms with E-state index in [9.17, 15) is 19.1 Å². The maximum absolute atomic E-state index is 14.0. The standard InChI is InChI=1S/C22H21FN8O3S/c23-14-9-24-4-3-13(14)18-11-27-21(35-18)29-19-8-17-15(10-26-19)28-12-30(17)7-5-25-20(32)16-2-1-6-31(16)22(33)34/h3-4,8-12,16H,1-2,5-7H2,(H,25,32)(H,33,34)(H,26,27,29)/t16-/m0/s1. The number of anilines is 2. The quantitative estimate of drug-likeness (QED) is 0.355. The van der Waals surface area contributed by atoms with Gasteiger partial charge in [-0.3, -0.25) is 14.7 Å². The lowest BCUT2D eigenvalue weighted by Gasteiger charge is -2.20. The van der Waals surface area contributed by atoms with Gasteiger partial charge < -0.3 is 20.3 Å². The molecule has 1 aliphatic heterocycles. The normalized spacial score (nSPS) is 15.5. The Kier molecular flexibility index (Phi) is 6.23. The van der Waals surface area contributed by atoms with Gasteiger partial charge in [-0.1, -0.05) is 11.3 Å². The third kappa shape index (κ3) is 4.75. The number of carboxylic acid groups (broad SMARTS) is 1. The third-order valence-corrected chi connectivity index (χ3v) is 6.69. The molecule has 4 aromatic heterocycles. The van der Waals surface area contributed by atoms with Gasteiger partial charge in [0.05, 0.1) is 29.1 Å². The van der Waals surface area contributed by atoms with Crippen molar-refractivity contribution in [2.45, 2.75) is 25.4 Å². The van der Waals surface area contributed by atoms with Gasteiger partial charge in [0.15, 0.2) is 5.13 Å². The van der Waals surface area contributed by atoms with Crippen molar-refractivity contribution in [2.75, 3.05) is 18.4 Å². The van der Waals surface area contributed by atoms with E-state index in [-0.39, 0.29) is 5.91 Å². The molecule has 0 aromatic carbocycles. The van der Waals surface area contributed by atoms with E-state index in [1.165, 1.54) is 22.4 Å². The Morgan fingerprint density at radius 3 is 2.94 bits per heavy atom. The highest BCUT2D eigenvalue weighted by atomic mass is 32.1. The van der Waals surface area contributed by atoms with Crippen LogP contribution in [-0.4, -0.2) is 65.6 Å². The zero-order chi connectivity index (χ0) is 24.4. The van der Waals surface area contributed by atoms with E-state index in [1.807, 2.05) is 10.6 Å². The minimum atomic E-state index is -1.07. The van der Waals surface area contributed by atoms with Crippen LogP contribution in [0, 0.1) is 5.82 Å². The van der Waals surface area contributed by atoms with Gasteiger partial charge in [0.25, 0.3) is 0 Å². The van der Waals surface area contributed by atoms with Gasteiger partial charge in [-0.25, -0.2) is 24.1 Å². The molecule has 180 valence electrons. The number of aromatic nitrogens is 5. The molecule has 0 bridgehead atoms. The predicted molar refractivity (Wildman–Crippen MR) is 127 cm³/mol. The first-order chi connectivity index (χ1) is 17.0. The number of nitrogens with one attached hydrogen (secondary N) is 2. The summed E-state index contributed by atoms with van der Waals surface area (Å²) in [5, 5.41) is 15.7. The summed E-state index contributed by atoms with van der Waals surface area (Å²) >= 11 is 1.29. The molecule has 35 heavy (non-hydrogen) atoms. The molecule has 1 fully saturated rings. The minimum absolute atomic E-state index is 0.288. The van der Waals surface area contributed by atoms with Crippen molar-refractivity contribution in [3.8, 4) is 10.4 Å². The summed E-state index contributed by atoms with van der Waals surface area (Å²) in [7, 11) is 0. The molecule has 2 amide bonds. The van der Waals surface area contributed by atoms with Crippen molar-refractivity contribution in [3.05, 3.63) is 49.1 Å². The van der Waals surface area contributed by atoms with Crippen molar-refractivity contribution < 1.29 is 19.1 Å². The second-order valence-electron chi connectivity index (χ2n) is 7.93. The highest BCUT2D eigenvalue weighted by Crippen LogP contribution is 2.31. The Morgan fingerprint density at radius 2 is 2.11 bits per heavy atom. The molecular formula is C22H21FN8O3S. The summed E-state index contributed by atoms with van der Waals surface area (Å²) in [6, 6.07) is 2.78. The highest BCUT2D eigenvalue weighted by molar-refractivity contribution is 7.18. The van der Waals surface area contributed by atoms with Crippen LogP contribution in [0.3, 0.4) is 0 Å². The summed E-state index contributed by atoms with van der Waals surface area (Å²) in [6.45, 7) is 1.15. The number of carbonyl (C=O) groups is 2. The van der Waals surface area contributed by atoms with E-state index in [0.717, 1.165) is 11.7 Å². The van der Waals surface area contributed by atoms with Crippen LogP contribution in [0.4, 0.5) is 20.1 Å². The monoisotopic (exact) mass is 496 g/mol. The molecule has 13 heteroatoms. The maximum Gasteiger partial charge on any atom is 0.407 e. The first kappa shape index (κ1) is 22.7. The Morgan fingerprint density at radius 1 is 1.23 bits per heavy atom. The Hall–Kier alpha value is -4.13. The van der Waals surface area contributed by atoms with Crippen LogP contribution >= 0.6 is 11.3 Å². The van der Waals surface area contributed by atoms with Crippen LogP contribution in [0.5, 0.6) is 0 Å². The number of nitrogens with zero attached hydrogens (tertiary/aromatic N) is 6. The van der Waals surface area contributed by atoms with Crippen molar-refractivity contribution in [2.24, 2.45) is 0 Å². The van der Waals surface area contributed by atoms with Crippen molar-refractivity contribution in [3.63, 3.8) is 0 Å². The molecule has 0 radical (unpaired) electrons. The molecule has 11 nitrogen and oxygen atoms in total. The van der Waals surface area contributed by atoms with Crippen LogP contribution in [0.2, 0.25) is 0 Å². The third-order valence-electron chi connectivity index (χ3n) is 5.74. The van der Waals surface area contributed by atoms with Gasteiger partial charge in [-0.2, -0.15) is 0 Å². The second-order valence-corrected chi connectivity index (χ2v) is 8.96. The maximum atomic E-state index is 14.0. The summed E-state index contributed by atoms with van der Waals surface area (Å²) in [5.74, 6) is -0.159. The highest BCUT2D eigenvalue weighted by Gasteiger charge is 2.33. The number of rotatable bonds is 7. The lowest BCUT2D eigenvalue weighted by Crippen LogP contribution is -2.46. The number of pyridine rings is 2. The lowest BCUT2D eigenvalue weighted by molar-refractivity contribution is -0.125. The van der Waals surface area contributed by atoms with Crippen LogP contribution in [0.25, 0.3) is 21.5 Å². The van der Waals surface area contributed by atoms with Gasteiger partial charge in [0, 0.05) is 43.7 Å². The van der Waals surface area contributed by atoms with E-state index >= 15 is 0 Å². The van der Waals surface area contributed by atoms with Crippen molar-refractivity contribution in [1.29, 1.82) is 0 Å². The fourth-order valence-electron chi connectivity index (χ4n) is 4.03. The SMILES string of the molecule is O=C(NCCn1cnc2cnc(Nc3ncc(-c4ccncc4F)s3)cc21)[C@@H]1CCCN1C(=O)O. The van der Waals surface area contributed by atoms with Crippen LogP contribution < -0.4 is 10.6 Å². The number of halogens is 1. The van der Waals surface area contributed by atoms with Gasteiger partial charge in [-0.15, -0.1) is 0 Å². The fourth-order valence-corrected chi connectivity index (χ4v) is 4.88. The largest absolute Gasteiger partial charge is 0.465 e. The number of fused-ring (bicyclic) bond motifs is 1. The van der Waals surface area contributed by atoms with Crippen molar-refractivity contribution >= 4 is 45.3 Å². The van der Waals surface area contributed by atoms with E-state index < -0.39 is 18.0 Å². The van der Waals surface area contributed by atoms with Crippen molar-refractivity contribution in [1.82, 2.24) is 34.7 Å². The number of carbonyl (C=O) groups excluding carboxylic acids is 1. The average molecular weight is 497 g/mol. The molecule has 0 unspecified atom stereocenters. The number of thiazole rings is 1. The zero-order valence-corrected chi connectivity index (χ0v) is 19.2. The molecular weight excluding hydrogens is 475 g/mol. The molecule has 1 aliphatic rings. The van der Waals surface area contributed by atoms with E-state index in [2.05, 4.69) is 30.6 Å². The van der Waals surface area contributed by atoms with Crippen LogP contribution in [-0.2, 0) is 11.3 Å². The molecule has 0 spiro atoms. The Balaban J connectivity index is 1.24. The van der Waals surface area contributed by atoms with Gasteiger partial charge in [0.2, 0.25) is 5.91 Å². The second kappa shape index (κ2) is 9.62. The number of amides is 2. The number of hydrogen-bond acceptors (Lipinski definition) is 8. The van der Waals surface area contributed by atoms with E-state index in [0.29, 0.717) is 59.4 Å². The Labute approximate surface area is 202 Å². The lowest BCUT2D eigenvalue weighted by atomic mass is 10.2. The summed E-state index contributed by atoms with van der Waals surface area (Å²) in [5.41, 5.74) is 1.92. The van der Waals surface area contributed by atoms with Gasteiger partial charge in [0.1, 0.15) is 23.2 Å². The van der Waals surface area contributed by atoms with Crippen LogP contribution in [0.15, 0.2) is 43.2 Å². The topological polar surface area (TPSA) is 138 Å². The molecule has 4 aromatic rings. The molecule has 3 N–H and O–H groups in total.